The summed E-state index contributed by atoms with van der Waals surface area (Å²) in [6.45, 7) is 4.28. The first-order valence-corrected chi connectivity index (χ1v) is 7.15. The minimum atomic E-state index is 0.854. The average Bonchev–Trinajstić information content (AvgIpc) is 2.50. The predicted octanol–water partition coefficient (Wildman–Crippen LogP) is 4.99. The van der Waals surface area contributed by atoms with Crippen molar-refractivity contribution in [3.8, 4) is 6.07 Å². The van der Waals surface area contributed by atoms with E-state index >= 15 is 0 Å². The number of rotatable bonds is 2. The molecule has 0 atom stereocenters. The minimum Gasteiger partial charge on any atom is -0.192 e. The van der Waals surface area contributed by atoms with Crippen LogP contribution in [0.5, 0.6) is 0 Å². The summed E-state index contributed by atoms with van der Waals surface area (Å²) >= 11 is 0. The molecule has 0 spiro atoms. The molecule has 0 saturated carbocycles. The second-order valence-electron chi connectivity index (χ2n) is 5.13. The number of nitrogens with zero attached hydrogens (tertiary/aromatic N) is 1. The monoisotopic (exact) mass is 259 g/mol. The zero-order valence-corrected chi connectivity index (χ0v) is 11.9. The molecule has 0 heterocycles. The van der Waals surface area contributed by atoms with Gasteiger partial charge in [0.1, 0.15) is 6.07 Å². The molecule has 3 aromatic carbocycles. The summed E-state index contributed by atoms with van der Waals surface area (Å²) in [6, 6.07) is 17.4. The van der Waals surface area contributed by atoms with Gasteiger partial charge in [0.25, 0.3) is 0 Å². The van der Waals surface area contributed by atoms with E-state index in [1.165, 1.54) is 27.3 Å². The molecule has 0 radical (unpaired) electrons. The highest BCUT2D eigenvalue weighted by Crippen LogP contribution is 2.30. The lowest BCUT2D eigenvalue weighted by atomic mass is 9.90. The second kappa shape index (κ2) is 4.98. The van der Waals surface area contributed by atoms with Crippen LogP contribution in [-0.2, 0) is 12.8 Å². The second-order valence-corrected chi connectivity index (χ2v) is 5.13. The number of benzene rings is 3. The maximum atomic E-state index is 9.59. The summed E-state index contributed by atoms with van der Waals surface area (Å²) < 4.78 is 0. The lowest BCUT2D eigenvalue weighted by Crippen LogP contribution is -1.97. The number of hydrogen-bond donors (Lipinski definition) is 0. The van der Waals surface area contributed by atoms with Crippen LogP contribution in [0.25, 0.3) is 21.5 Å². The normalized spacial score (nSPS) is 10.8. The third kappa shape index (κ3) is 1.85. The summed E-state index contributed by atoms with van der Waals surface area (Å²) in [5, 5.41) is 14.3. The summed E-state index contributed by atoms with van der Waals surface area (Å²) in [5.41, 5.74) is 3.36. The zero-order valence-electron chi connectivity index (χ0n) is 11.9. The smallest absolute Gasteiger partial charge is 0.100 e. The molecule has 0 N–H and O–H groups in total. The lowest BCUT2D eigenvalue weighted by Gasteiger charge is -2.12. The van der Waals surface area contributed by atoms with Gasteiger partial charge >= 0.3 is 0 Å². The Morgan fingerprint density at radius 1 is 0.900 bits per heavy atom. The molecule has 98 valence electrons. The molecule has 1 nitrogen and oxygen atoms in total. The van der Waals surface area contributed by atoms with Crippen LogP contribution in [0.2, 0.25) is 0 Å². The molecule has 3 rings (SSSR count). The van der Waals surface area contributed by atoms with E-state index in [-0.39, 0.29) is 0 Å². The first-order valence-electron chi connectivity index (χ1n) is 7.15. The van der Waals surface area contributed by atoms with Gasteiger partial charge in [-0.15, -0.1) is 0 Å². The van der Waals surface area contributed by atoms with Gasteiger partial charge in [-0.3, -0.25) is 0 Å². The molecule has 3 aromatic rings. The summed E-state index contributed by atoms with van der Waals surface area (Å²) in [5.74, 6) is 0. The standard InChI is InChI=1S/C19H17N/c1-3-13-9-16-10-14-7-5-6-8-15(14)11-18(16)19(12-20)17(13)4-2/h5-11H,3-4H2,1-2H3. The van der Waals surface area contributed by atoms with Gasteiger partial charge in [-0.1, -0.05) is 44.2 Å². The molecule has 20 heavy (non-hydrogen) atoms. The van der Waals surface area contributed by atoms with E-state index in [4.69, 9.17) is 0 Å². The average molecular weight is 259 g/mol. The van der Waals surface area contributed by atoms with Crippen molar-refractivity contribution >= 4 is 21.5 Å². The van der Waals surface area contributed by atoms with E-state index < -0.39 is 0 Å². The highest BCUT2D eigenvalue weighted by atomic mass is 14.3. The van der Waals surface area contributed by atoms with E-state index in [1.807, 2.05) is 6.07 Å². The minimum absolute atomic E-state index is 0.854. The molecule has 0 unspecified atom stereocenters. The van der Waals surface area contributed by atoms with E-state index in [0.717, 1.165) is 23.8 Å². The fourth-order valence-corrected chi connectivity index (χ4v) is 3.04. The Morgan fingerprint density at radius 3 is 2.20 bits per heavy atom. The Balaban J connectivity index is 2.49. The van der Waals surface area contributed by atoms with E-state index in [1.54, 1.807) is 0 Å². The van der Waals surface area contributed by atoms with Gasteiger partial charge in [0.05, 0.1) is 5.56 Å². The lowest BCUT2D eigenvalue weighted by molar-refractivity contribution is 1.04. The molecule has 0 aromatic heterocycles. The fourth-order valence-electron chi connectivity index (χ4n) is 3.04. The van der Waals surface area contributed by atoms with Crippen molar-refractivity contribution in [2.75, 3.05) is 0 Å². The van der Waals surface area contributed by atoms with Crippen LogP contribution in [-0.4, -0.2) is 0 Å². The molecule has 0 aliphatic carbocycles. The highest BCUT2D eigenvalue weighted by molar-refractivity contribution is 6.01. The van der Waals surface area contributed by atoms with Crippen LogP contribution in [0.3, 0.4) is 0 Å². The van der Waals surface area contributed by atoms with Gasteiger partial charge in [0, 0.05) is 5.39 Å². The van der Waals surface area contributed by atoms with Crippen molar-refractivity contribution in [1.29, 1.82) is 5.26 Å². The Bertz CT molecular complexity index is 838. The highest BCUT2D eigenvalue weighted by Gasteiger charge is 2.11. The predicted molar refractivity (Wildman–Crippen MR) is 84.9 cm³/mol. The molecular weight excluding hydrogens is 242 g/mol. The van der Waals surface area contributed by atoms with E-state index in [2.05, 4.69) is 56.3 Å². The summed E-state index contributed by atoms with van der Waals surface area (Å²) in [4.78, 5) is 0. The van der Waals surface area contributed by atoms with Crippen LogP contribution < -0.4 is 0 Å². The molecular formula is C19H17N. The van der Waals surface area contributed by atoms with Crippen molar-refractivity contribution in [2.45, 2.75) is 26.7 Å². The van der Waals surface area contributed by atoms with Crippen molar-refractivity contribution < 1.29 is 0 Å². The fraction of sp³-hybridized carbons (Fsp3) is 0.211. The Labute approximate surface area is 119 Å². The third-order valence-corrected chi connectivity index (χ3v) is 4.05. The Hall–Kier alpha value is -2.33. The van der Waals surface area contributed by atoms with Gasteiger partial charge in [-0.2, -0.15) is 5.26 Å². The molecule has 0 aliphatic heterocycles. The van der Waals surface area contributed by atoms with Crippen molar-refractivity contribution in [3.63, 3.8) is 0 Å². The summed E-state index contributed by atoms with van der Waals surface area (Å²) in [7, 11) is 0. The molecule has 0 bridgehead atoms. The molecule has 0 fully saturated rings. The Morgan fingerprint density at radius 2 is 1.60 bits per heavy atom. The first-order chi connectivity index (χ1) is 9.78. The largest absolute Gasteiger partial charge is 0.192 e. The van der Waals surface area contributed by atoms with Crippen LogP contribution in [0.1, 0.15) is 30.5 Å². The quantitative estimate of drug-likeness (QED) is 0.595. The van der Waals surface area contributed by atoms with Crippen molar-refractivity contribution in [2.24, 2.45) is 0 Å². The van der Waals surface area contributed by atoms with Gasteiger partial charge in [-0.25, -0.2) is 0 Å². The van der Waals surface area contributed by atoms with Gasteiger partial charge in [-0.05, 0) is 52.3 Å². The van der Waals surface area contributed by atoms with Gasteiger partial charge in [0.15, 0.2) is 0 Å². The number of fused-ring (bicyclic) bond motifs is 2. The summed E-state index contributed by atoms with van der Waals surface area (Å²) in [6.07, 6.45) is 1.88. The molecule has 1 heteroatoms. The van der Waals surface area contributed by atoms with Gasteiger partial charge in [0.2, 0.25) is 0 Å². The molecule has 0 aliphatic rings. The van der Waals surface area contributed by atoms with Crippen LogP contribution in [0, 0.1) is 11.3 Å². The van der Waals surface area contributed by atoms with Gasteiger partial charge < -0.3 is 0 Å². The maximum absolute atomic E-state index is 9.59. The van der Waals surface area contributed by atoms with Crippen LogP contribution in [0.15, 0.2) is 42.5 Å². The Kier molecular flexibility index (Phi) is 3.16. The molecule has 0 amide bonds. The number of aryl methyl sites for hydroxylation is 1. The third-order valence-electron chi connectivity index (χ3n) is 4.05. The van der Waals surface area contributed by atoms with Crippen molar-refractivity contribution in [3.05, 3.63) is 59.2 Å². The number of hydrogen-bond acceptors (Lipinski definition) is 1. The maximum Gasteiger partial charge on any atom is 0.100 e. The first kappa shape index (κ1) is 12.7. The van der Waals surface area contributed by atoms with E-state index in [0.29, 0.717) is 0 Å². The zero-order chi connectivity index (χ0) is 14.1. The SMILES string of the molecule is CCc1cc2cc3ccccc3cc2c(C#N)c1CC. The van der Waals surface area contributed by atoms with Crippen LogP contribution in [0.4, 0.5) is 0 Å². The van der Waals surface area contributed by atoms with Crippen molar-refractivity contribution in [1.82, 2.24) is 0 Å². The topological polar surface area (TPSA) is 23.8 Å². The molecule has 0 saturated heterocycles. The van der Waals surface area contributed by atoms with Crippen LogP contribution >= 0.6 is 0 Å². The number of nitriles is 1. The van der Waals surface area contributed by atoms with E-state index in [9.17, 15) is 5.26 Å².